The van der Waals surface area contributed by atoms with E-state index in [2.05, 4.69) is 10.3 Å². The summed E-state index contributed by atoms with van der Waals surface area (Å²) in [6, 6.07) is 20.7. The fraction of sp³-hybridized carbons (Fsp3) is 0.174. The summed E-state index contributed by atoms with van der Waals surface area (Å²) < 4.78 is 10.3. The smallest absolute Gasteiger partial charge is 0.408 e. The van der Waals surface area contributed by atoms with E-state index in [1.165, 1.54) is 0 Å². The highest BCUT2D eigenvalue weighted by Crippen LogP contribution is 2.07. The van der Waals surface area contributed by atoms with Gasteiger partial charge in [0.1, 0.15) is 12.6 Å². The lowest BCUT2D eigenvalue weighted by Crippen LogP contribution is -2.44. The molecule has 1 aromatic heterocycles. The molecule has 0 unspecified atom stereocenters. The summed E-state index contributed by atoms with van der Waals surface area (Å²) in [5, 5.41) is 2.54. The number of hydrogen-bond acceptors (Lipinski definition) is 5. The highest BCUT2D eigenvalue weighted by atomic mass is 16.6. The van der Waals surface area contributed by atoms with Crippen molar-refractivity contribution in [3.8, 4) is 0 Å². The molecule has 0 fully saturated rings. The van der Waals surface area contributed by atoms with Gasteiger partial charge in [-0.2, -0.15) is 0 Å². The molecular weight excluding hydrogens is 384 g/mol. The van der Waals surface area contributed by atoms with Crippen molar-refractivity contribution in [1.82, 2.24) is 10.3 Å². The maximum Gasteiger partial charge on any atom is 0.408 e. The average molecular weight is 406 g/mol. The third kappa shape index (κ3) is 6.34. The van der Waals surface area contributed by atoms with Gasteiger partial charge in [0.25, 0.3) is 0 Å². The second kappa shape index (κ2) is 10.6. The fourth-order valence-corrected chi connectivity index (χ4v) is 2.77. The van der Waals surface area contributed by atoms with Crippen LogP contribution in [0.3, 0.4) is 0 Å². The lowest BCUT2D eigenvalue weighted by atomic mass is 10.1. The number of aromatic nitrogens is 1. The summed E-state index contributed by atoms with van der Waals surface area (Å²) in [5.74, 6) is -1.08. The van der Waals surface area contributed by atoms with Crippen molar-refractivity contribution in [2.24, 2.45) is 0 Å². The summed E-state index contributed by atoms with van der Waals surface area (Å²) in [4.78, 5) is 39.6. The van der Waals surface area contributed by atoms with E-state index >= 15 is 0 Å². The van der Waals surface area contributed by atoms with Crippen LogP contribution < -0.4 is 5.32 Å². The molecule has 0 spiro atoms. The molecule has 0 aliphatic carbocycles. The minimum atomic E-state index is -0.993. The number of esters is 1. The van der Waals surface area contributed by atoms with Crippen LogP contribution in [0.15, 0.2) is 79.0 Å². The summed E-state index contributed by atoms with van der Waals surface area (Å²) in [6.45, 7) is -0.351. The van der Waals surface area contributed by atoms with Crippen LogP contribution in [0.4, 0.5) is 4.79 Å². The van der Waals surface area contributed by atoms with Crippen molar-refractivity contribution in [1.29, 1.82) is 0 Å². The molecule has 7 nitrogen and oxygen atoms in total. The van der Waals surface area contributed by atoms with E-state index in [9.17, 15) is 14.4 Å². The molecule has 3 aromatic rings. The first-order chi connectivity index (χ1) is 14.6. The van der Waals surface area contributed by atoms with Crippen LogP contribution in [0.5, 0.6) is 0 Å². The standard InChI is InChI=1S/C23H22N2O5/c26-21(19-12-7-13-24-19)16-29-22(27)20(14-17-8-3-1-4-9-17)25-23(28)30-15-18-10-5-2-6-11-18/h1-13,20,24H,14-16H2,(H,25,28)/t20-/m0/s1. The predicted molar refractivity (Wildman–Crippen MR) is 110 cm³/mol. The zero-order valence-corrected chi connectivity index (χ0v) is 16.2. The van der Waals surface area contributed by atoms with Crippen LogP contribution in [0.25, 0.3) is 0 Å². The van der Waals surface area contributed by atoms with Crippen molar-refractivity contribution >= 4 is 17.8 Å². The molecule has 7 heteroatoms. The number of carbonyl (C=O) groups excluding carboxylic acids is 3. The molecule has 0 saturated carbocycles. The van der Waals surface area contributed by atoms with Crippen LogP contribution >= 0.6 is 0 Å². The van der Waals surface area contributed by atoms with E-state index in [1.54, 1.807) is 18.3 Å². The molecule has 0 radical (unpaired) electrons. The Bertz CT molecular complexity index is 956. The predicted octanol–water partition coefficient (Wildman–Crippen LogP) is 3.28. The minimum Gasteiger partial charge on any atom is -0.456 e. The summed E-state index contributed by atoms with van der Waals surface area (Å²) in [5.41, 5.74) is 2.00. The SMILES string of the molecule is O=C(N[C@@H](Cc1ccccc1)C(=O)OCC(=O)c1ccc[nH]1)OCc1ccccc1. The number of aromatic amines is 1. The minimum absolute atomic E-state index is 0.0745. The van der Waals surface area contributed by atoms with E-state index in [0.29, 0.717) is 5.69 Å². The number of nitrogens with one attached hydrogen (secondary N) is 2. The molecule has 1 atom stereocenters. The second-order valence-corrected chi connectivity index (χ2v) is 6.56. The van der Waals surface area contributed by atoms with Gasteiger partial charge in [0.05, 0.1) is 5.69 Å². The number of alkyl carbamates (subject to hydrolysis) is 1. The summed E-state index contributed by atoms with van der Waals surface area (Å²) >= 11 is 0. The number of Topliss-reactive ketones (excluding diaryl/α,β-unsaturated/α-hetero) is 1. The average Bonchev–Trinajstić information content (AvgIpc) is 3.32. The maximum atomic E-state index is 12.6. The Kier molecular flexibility index (Phi) is 7.38. The summed E-state index contributed by atoms with van der Waals surface area (Å²) in [7, 11) is 0. The Labute approximate surface area is 174 Å². The number of amides is 1. The van der Waals surface area contributed by atoms with Gasteiger partial charge < -0.3 is 19.8 Å². The first-order valence-corrected chi connectivity index (χ1v) is 9.46. The van der Waals surface area contributed by atoms with Crippen LogP contribution in [-0.2, 0) is 27.3 Å². The molecule has 1 heterocycles. The Morgan fingerprint density at radius 1 is 0.833 bits per heavy atom. The Balaban J connectivity index is 1.59. The van der Waals surface area contributed by atoms with Gasteiger partial charge in [-0.25, -0.2) is 9.59 Å². The Morgan fingerprint density at radius 3 is 2.13 bits per heavy atom. The molecule has 30 heavy (non-hydrogen) atoms. The van der Waals surface area contributed by atoms with E-state index in [-0.39, 0.29) is 18.8 Å². The molecule has 0 bridgehead atoms. The lowest BCUT2D eigenvalue weighted by Gasteiger charge is -2.17. The van der Waals surface area contributed by atoms with Crippen LogP contribution in [-0.4, -0.2) is 35.5 Å². The van der Waals surface area contributed by atoms with E-state index in [1.807, 2.05) is 60.7 Å². The summed E-state index contributed by atoms with van der Waals surface area (Å²) in [6.07, 6.45) is 1.07. The van der Waals surface area contributed by atoms with Crippen molar-refractivity contribution in [2.75, 3.05) is 6.61 Å². The van der Waals surface area contributed by atoms with Crippen molar-refractivity contribution in [3.05, 3.63) is 95.8 Å². The number of H-pyrrole nitrogens is 1. The quantitative estimate of drug-likeness (QED) is 0.420. The van der Waals surface area contributed by atoms with Gasteiger partial charge in [0.15, 0.2) is 6.61 Å². The molecule has 0 aliphatic heterocycles. The topological polar surface area (TPSA) is 97.5 Å². The van der Waals surface area contributed by atoms with E-state index in [4.69, 9.17) is 9.47 Å². The highest BCUT2D eigenvalue weighted by molar-refractivity contribution is 5.96. The highest BCUT2D eigenvalue weighted by Gasteiger charge is 2.24. The Hall–Kier alpha value is -3.87. The molecule has 2 aromatic carbocycles. The first kappa shape index (κ1) is 20.9. The van der Waals surface area contributed by atoms with Crippen molar-refractivity contribution in [2.45, 2.75) is 19.1 Å². The number of rotatable bonds is 9. The van der Waals surface area contributed by atoms with Gasteiger partial charge >= 0.3 is 12.1 Å². The number of carbonyl (C=O) groups is 3. The normalized spacial score (nSPS) is 11.3. The molecule has 0 saturated heterocycles. The van der Waals surface area contributed by atoms with Crippen molar-refractivity contribution < 1.29 is 23.9 Å². The molecule has 2 N–H and O–H groups in total. The second-order valence-electron chi connectivity index (χ2n) is 6.56. The number of hydrogen-bond donors (Lipinski definition) is 2. The number of benzene rings is 2. The van der Waals surface area contributed by atoms with Gasteiger partial charge in [0.2, 0.25) is 5.78 Å². The van der Waals surface area contributed by atoms with Crippen molar-refractivity contribution in [3.63, 3.8) is 0 Å². The fourth-order valence-electron chi connectivity index (χ4n) is 2.77. The van der Waals surface area contributed by atoms with Crippen LogP contribution in [0.1, 0.15) is 21.6 Å². The van der Waals surface area contributed by atoms with Gasteiger partial charge in [-0.15, -0.1) is 0 Å². The van der Waals surface area contributed by atoms with Gasteiger partial charge in [0, 0.05) is 12.6 Å². The molecule has 1 amide bonds. The Morgan fingerprint density at radius 2 is 1.50 bits per heavy atom. The largest absolute Gasteiger partial charge is 0.456 e. The van der Waals surface area contributed by atoms with Crippen LogP contribution in [0.2, 0.25) is 0 Å². The number of ether oxygens (including phenoxy) is 2. The zero-order valence-electron chi connectivity index (χ0n) is 16.2. The van der Waals surface area contributed by atoms with Gasteiger partial charge in [-0.1, -0.05) is 60.7 Å². The molecule has 3 rings (SSSR count). The zero-order chi connectivity index (χ0) is 21.2. The van der Waals surface area contributed by atoms with Gasteiger partial charge in [-0.05, 0) is 23.3 Å². The van der Waals surface area contributed by atoms with Crippen LogP contribution in [0, 0.1) is 0 Å². The van der Waals surface area contributed by atoms with Gasteiger partial charge in [-0.3, -0.25) is 4.79 Å². The number of ketones is 1. The van der Waals surface area contributed by atoms with E-state index in [0.717, 1.165) is 11.1 Å². The van der Waals surface area contributed by atoms with E-state index < -0.39 is 24.7 Å². The maximum absolute atomic E-state index is 12.6. The first-order valence-electron chi connectivity index (χ1n) is 9.46. The third-order valence-corrected chi connectivity index (χ3v) is 4.32. The third-order valence-electron chi connectivity index (χ3n) is 4.32. The molecular formula is C23H22N2O5. The monoisotopic (exact) mass is 406 g/mol. The molecule has 154 valence electrons. The molecule has 0 aliphatic rings. The lowest BCUT2D eigenvalue weighted by molar-refractivity contribution is -0.144.